The van der Waals surface area contributed by atoms with E-state index < -0.39 is 22.2 Å². The number of hydrogen-bond acceptors (Lipinski definition) is 4. The van der Waals surface area contributed by atoms with Crippen LogP contribution in [0.4, 0.5) is 0 Å². The molecule has 2 atom stereocenters. The molecule has 0 aromatic heterocycles. The molecule has 9 heteroatoms. The van der Waals surface area contributed by atoms with Gasteiger partial charge in [0.15, 0.2) is 0 Å². The van der Waals surface area contributed by atoms with Crippen LogP contribution in [0.2, 0.25) is 0 Å². The summed E-state index contributed by atoms with van der Waals surface area (Å²) in [6.07, 6.45) is 0. The van der Waals surface area contributed by atoms with Crippen molar-refractivity contribution in [1.29, 1.82) is 0 Å². The molecule has 0 aromatic rings. The van der Waals surface area contributed by atoms with Gasteiger partial charge < -0.3 is 9.11 Å². The first-order chi connectivity index (χ1) is 4.54. The Morgan fingerprint density at radius 3 is 1.00 bits per heavy atom. The van der Waals surface area contributed by atoms with E-state index in [0.29, 0.717) is 0 Å². The molecule has 0 amide bonds. The maximum Gasteiger partial charge on any atom is 2.00 e. The molecule has 0 aliphatic heterocycles. The van der Waals surface area contributed by atoms with Crippen molar-refractivity contribution in [2.24, 2.45) is 0 Å². The molecule has 0 bridgehead atoms. The zero-order valence-electron chi connectivity index (χ0n) is 7.18. The average Bonchev–Trinajstić information content (AvgIpc) is 1.89. The molecule has 0 heterocycles. The van der Waals surface area contributed by atoms with Crippen LogP contribution in [-0.4, -0.2) is 29.0 Å². The summed E-state index contributed by atoms with van der Waals surface area (Å²) >= 11 is -3.65. The first-order valence-corrected chi connectivity index (χ1v) is 5.15. The third-order valence-corrected chi connectivity index (χ3v) is 1.41. The predicted molar refractivity (Wildman–Crippen MR) is 53.4 cm³/mol. The Hall–Kier alpha value is 1.51. The van der Waals surface area contributed by atoms with Crippen molar-refractivity contribution < 1.29 is 39.2 Å². The largest absolute Gasteiger partial charge is 2.00 e. The minimum atomic E-state index is -1.82. The van der Waals surface area contributed by atoms with E-state index in [-0.39, 0.29) is 58.0 Å². The fourth-order valence-electron chi connectivity index (χ4n) is 0. The summed E-state index contributed by atoms with van der Waals surface area (Å²) in [7, 11) is 0. The smallest absolute Gasteiger partial charge is 0.772 e. The van der Waals surface area contributed by atoms with Gasteiger partial charge in [-0.15, -0.1) is 24.8 Å². The quantitative estimate of drug-likeness (QED) is 0.553. The van der Waals surface area contributed by atoms with Crippen LogP contribution in [0.15, 0.2) is 0 Å². The van der Waals surface area contributed by atoms with Crippen LogP contribution in [-0.2, 0) is 43.9 Å². The second-order valence-corrected chi connectivity index (χ2v) is 3.55. The normalized spacial score (nSPS) is 11.4. The van der Waals surface area contributed by atoms with E-state index in [4.69, 9.17) is 0 Å². The monoisotopic (exact) mass is 306 g/mol. The van der Waals surface area contributed by atoms with E-state index in [1.165, 1.54) is 0 Å². The van der Waals surface area contributed by atoms with Crippen molar-refractivity contribution in [2.75, 3.05) is 11.5 Å². The van der Waals surface area contributed by atoms with Crippen LogP contribution >= 0.6 is 24.8 Å². The van der Waals surface area contributed by atoms with Gasteiger partial charge in [0.2, 0.25) is 0 Å². The van der Waals surface area contributed by atoms with Gasteiger partial charge in [-0.25, -0.2) is 0 Å². The van der Waals surface area contributed by atoms with E-state index in [2.05, 4.69) is 0 Å². The molecule has 0 spiro atoms. The van der Waals surface area contributed by atoms with Gasteiger partial charge in [0.05, 0.1) is 0 Å². The molecule has 0 N–H and O–H groups in total. The molecule has 0 radical (unpaired) electrons. The Labute approximate surface area is 111 Å². The van der Waals surface area contributed by atoms with Crippen LogP contribution in [0, 0.1) is 0 Å². The molecular weight excluding hydrogens is 295 g/mol. The van der Waals surface area contributed by atoms with Crippen molar-refractivity contribution in [1.82, 2.24) is 0 Å². The standard InChI is InChI=1S/2C2H6O2S.2ClH.Ti/c2*1-2-5(3)4;;;/h2*2H2,1H3,(H,3,4);2*1H;/q;;;;+2/p-2. The molecule has 0 aromatic carbocycles. The van der Waals surface area contributed by atoms with Crippen LogP contribution in [0.5, 0.6) is 0 Å². The molecule has 0 saturated heterocycles. The van der Waals surface area contributed by atoms with E-state index in [1.807, 2.05) is 0 Å². The van der Waals surface area contributed by atoms with Crippen molar-refractivity contribution >= 4 is 47.0 Å². The minimum absolute atomic E-state index is 0. The molecule has 82 valence electrons. The zero-order chi connectivity index (χ0) is 8.57. The van der Waals surface area contributed by atoms with Gasteiger partial charge >= 0.3 is 21.7 Å². The molecule has 13 heavy (non-hydrogen) atoms. The summed E-state index contributed by atoms with van der Waals surface area (Å²) in [4.78, 5) is 0. The maximum atomic E-state index is 9.37. The number of rotatable bonds is 2. The Morgan fingerprint density at radius 2 is 1.00 bits per heavy atom. The van der Waals surface area contributed by atoms with Gasteiger partial charge in [0.25, 0.3) is 0 Å². The Morgan fingerprint density at radius 1 is 0.923 bits per heavy atom. The van der Waals surface area contributed by atoms with E-state index >= 15 is 0 Å². The van der Waals surface area contributed by atoms with Gasteiger partial charge in [-0.3, -0.25) is 8.42 Å². The van der Waals surface area contributed by atoms with Crippen LogP contribution in [0.25, 0.3) is 0 Å². The molecule has 0 saturated carbocycles. The number of hydrogen-bond donors (Lipinski definition) is 0. The second kappa shape index (κ2) is 23.4. The van der Waals surface area contributed by atoms with Crippen molar-refractivity contribution in [2.45, 2.75) is 13.8 Å². The molecule has 0 aliphatic rings. The fraction of sp³-hybridized carbons (Fsp3) is 1.00. The summed E-state index contributed by atoms with van der Waals surface area (Å²) in [5.74, 6) is 0.444. The zero-order valence-corrected chi connectivity index (χ0v) is 12.0. The van der Waals surface area contributed by atoms with Gasteiger partial charge in [0.1, 0.15) is 0 Å². The summed E-state index contributed by atoms with van der Waals surface area (Å²) < 4.78 is 37.5. The minimum Gasteiger partial charge on any atom is -0.772 e. The second-order valence-electron chi connectivity index (χ2n) is 1.18. The molecule has 0 rings (SSSR count). The summed E-state index contributed by atoms with van der Waals surface area (Å²) in [5, 5.41) is 0. The maximum absolute atomic E-state index is 9.37. The first-order valence-electron chi connectivity index (χ1n) is 2.66. The Bertz CT molecular complexity index is 113. The van der Waals surface area contributed by atoms with Crippen LogP contribution in [0.3, 0.4) is 0 Å². The Balaban J connectivity index is -0.0000000267. The van der Waals surface area contributed by atoms with Crippen LogP contribution < -0.4 is 0 Å². The predicted octanol–water partition coefficient (Wildman–Crippen LogP) is 0.612. The van der Waals surface area contributed by atoms with Crippen molar-refractivity contribution in [3.8, 4) is 0 Å². The van der Waals surface area contributed by atoms with Crippen molar-refractivity contribution in [3.63, 3.8) is 0 Å². The van der Waals surface area contributed by atoms with E-state index in [9.17, 15) is 17.5 Å². The topological polar surface area (TPSA) is 80.3 Å². The van der Waals surface area contributed by atoms with E-state index in [1.54, 1.807) is 13.8 Å². The van der Waals surface area contributed by atoms with Gasteiger partial charge in [0, 0.05) is 11.5 Å². The SMILES string of the molecule is CCS(=O)[O-].CCS(=O)[O-].Cl.Cl.[Ti+2]. The fourth-order valence-corrected chi connectivity index (χ4v) is 0. The third kappa shape index (κ3) is 58.9. The van der Waals surface area contributed by atoms with Gasteiger partial charge in [-0.2, -0.15) is 0 Å². The summed E-state index contributed by atoms with van der Waals surface area (Å²) in [5.41, 5.74) is 0. The molecule has 4 nitrogen and oxygen atoms in total. The van der Waals surface area contributed by atoms with Gasteiger partial charge in [-0.05, 0) is 0 Å². The van der Waals surface area contributed by atoms with Crippen LogP contribution in [0.1, 0.15) is 13.8 Å². The van der Waals surface area contributed by atoms with Gasteiger partial charge in [-0.1, -0.05) is 36.0 Å². The molecule has 0 aliphatic carbocycles. The third-order valence-electron chi connectivity index (χ3n) is 0.471. The van der Waals surface area contributed by atoms with Crippen molar-refractivity contribution in [3.05, 3.63) is 0 Å². The van der Waals surface area contributed by atoms with E-state index in [0.717, 1.165) is 0 Å². The Kier molecular flexibility index (Phi) is 52.7. The molecule has 2 unspecified atom stereocenters. The number of halogens is 2. The summed E-state index contributed by atoms with van der Waals surface area (Å²) in [6, 6.07) is 0. The molecular formula is C4H12Cl2O4S2Ti. The molecule has 0 fully saturated rings. The average molecular weight is 307 g/mol. The first kappa shape index (κ1) is 29.3. The summed E-state index contributed by atoms with van der Waals surface area (Å²) in [6.45, 7) is 3.17.